The van der Waals surface area contributed by atoms with Gasteiger partial charge in [0.2, 0.25) is 5.91 Å². The molecule has 0 radical (unpaired) electrons. The summed E-state index contributed by atoms with van der Waals surface area (Å²) in [5.41, 5.74) is 2.52. The Labute approximate surface area is 119 Å². The van der Waals surface area contributed by atoms with Gasteiger partial charge >= 0.3 is 0 Å². The van der Waals surface area contributed by atoms with Gasteiger partial charge in [-0.05, 0) is 43.4 Å². The summed E-state index contributed by atoms with van der Waals surface area (Å²) >= 11 is 0. The van der Waals surface area contributed by atoms with Crippen LogP contribution in [0.5, 0.6) is 0 Å². The summed E-state index contributed by atoms with van der Waals surface area (Å²) in [5, 5.41) is 8.73. The maximum absolute atomic E-state index is 11.6. The number of aryl methyl sites for hydroxylation is 2. The minimum Gasteiger partial charge on any atom is -0.352 e. The lowest BCUT2D eigenvalue weighted by molar-refractivity contribution is -0.126. The number of carbonyl (C=O) groups excluding carboxylic acids is 1. The fourth-order valence-electron chi connectivity index (χ4n) is 2.92. The average molecular weight is 272 g/mol. The molecule has 1 fully saturated rings. The predicted octanol–water partition coefficient (Wildman–Crippen LogP) is 1.19. The van der Waals surface area contributed by atoms with Crippen LogP contribution in [-0.4, -0.2) is 47.2 Å². The summed E-state index contributed by atoms with van der Waals surface area (Å²) in [6.45, 7) is 6.61. The average Bonchev–Trinajstić information content (AvgIpc) is 2.54. The van der Waals surface area contributed by atoms with Gasteiger partial charge in [-0.15, -0.1) is 5.10 Å². The molecule has 3 rings (SSSR count). The van der Waals surface area contributed by atoms with Crippen molar-refractivity contribution < 1.29 is 4.79 Å². The van der Waals surface area contributed by atoms with Gasteiger partial charge in [0.1, 0.15) is 0 Å². The van der Waals surface area contributed by atoms with Crippen molar-refractivity contribution in [3.05, 3.63) is 30.0 Å². The number of amides is 1. The first-order valence-electron chi connectivity index (χ1n) is 7.29. The fraction of sp³-hybridized carbons (Fsp3) is 0.533. The van der Waals surface area contributed by atoms with Gasteiger partial charge < -0.3 is 9.80 Å². The van der Waals surface area contributed by atoms with E-state index in [1.54, 1.807) is 0 Å². The number of fused-ring (bicyclic) bond motifs is 1. The van der Waals surface area contributed by atoms with Gasteiger partial charge in [-0.3, -0.25) is 4.79 Å². The SMILES string of the molecule is C=CC(=O)N1CCN(c2cc3c(nn2)CCCC3)CC1. The first-order valence-corrected chi connectivity index (χ1v) is 7.29. The maximum Gasteiger partial charge on any atom is 0.246 e. The number of carbonyl (C=O) groups is 1. The molecule has 0 spiro atoms. The van der Waals surface area contributed by atoms with E-state index in [1.165, 1.54) is 30.2 Å². The van der Waals surface area contributed by atoms with E-state index in [0.29, 0.717) is 0 Å². The third-order valence-corrected chi connectivity index (χ3v) is 4.15. The van der Waals surface area contributed by atoms with Gasteiger partial charge in [-0.2, -0.15) is 5.10 Å². The predicted molar refractivity (Wildman–Crippen MR) is 77.7 cm³/mol. The number of anilines is 1. The molecule has 0 saturated carbocycles. The maximum atomic E-state index is 11.6. The van der Waals surface area contributed by atoms with Crippen molar-refractivity contribution in [2.24, 2.45) is 0 Å². The van der Waals surface area contributed by atoms with Crippen LogP contribution in [0.4, 0.5) is 5.82 Å². The fourth-order valence-corrected chi connectivity index (χ4v) is 2.92. The summed E-state index contributed by atoms with van der Waals surface area (Å²) in [7, 11) is 0. The van der Waals surface area contributed by atoms with Crippen LogP contribution in [0.15, 0.2) is 18.7 Å². The van der Waals surface area contributed by atoms with Crippen molar-refractivity contribution in [2.75, 3.05) is 31.1 Å². The minimum absolute atomic E-state index is 0.0150. The second-order valence-corrected chi connectivity index (χ2v) is 5.40. The molecule has 0 unspecified atom stereocenters. The van der Waals surface area contributed by atoms with E-state index in [9.17, 15) is 4.79 Å². The molecular weight excluding hydrogens is 252 g/mol. The van der Waals surface area contributed by atoms with Crippen LogP contribution in [-0.2, 0) is 17.6 Å². The Kier molecular flexibility index (Phi) is 3.67. The summed E-state index contributed by atoms with van der Waals surface area (Å²) in [4.78, 5) is 15.6. The van der Waals surface area contributed by atoms with Crippen LogP contribution in [0.1, 0.15) is 24.1 Å². The summed E-state index contributed by atoms with van der Waals surface area (Å²) in [6.07, 6.45) is 6.04. The Morgan fingerprint density at radius 3 is 2.65 bits per heavy atom. The quantitative estimate of drug-likeness (QED) is 0.759. The first kappa shape index (κ1) is 13.1. The molecule has 0 bridgehead atoms. The Balaban J connectivity index is 1.69. The van der Waals surface area contributed by atoms with Gasteiger partial charge in [-0.1, -0.05) is 6.58 Å². The molecule has 2 aliphatic rings. The first-order chi connectivity index (χ1) is 9.78. The number of hydrogen-bond acceptors (Lipinski definition) is 4. The molecule has 0 N–H and O–H groups in total. The monoisotopic (exact) mass is 272 g/mol. The third-order valence-electron chi connectivity index (χ3n) is 4.15. The lowest BCUT2D eigenvalue weighted by Crippen LogP contribution is -2.48. The normalized spacial score (nSPS) is 18.6. The van der Waals surface area contributed by atoms with Crippen LogP contribution in [0, 0.1) is 0 Å². The third kappa shape index (κ3) is 2.53. The van der Waals surface area contributed by atoms with Gasteiger partial charge in [0, 0.05) is 26.2 Å². The van der Waals surface area contributed by atoms with Crippen LogP contribution >= 0.6 is 0 Å². The molecule has 5 nitrogen and oxygen atoms in total. The molecule has 20 heavy (non-hydrogen) atoms. The zero-order valence-electron chi connectivity index (χ0n) is 11.7. The lowest BCUT2D eigenvalue weighted by atomic mass is 9.97. The van der Waals surface area contributed by atoms with E-state index in [-0.39, 0.29) is 5.91 Å². The highest BCUT2D eigenvalue weighted by molar-refractivity contribution is 5.87. The molecule has 1 aromatic rings. The van der Waals surface area contributed by atoms with Crippen molar-refractivity contribution in [1.82, 2.24) is 15.1 Å². The Morgan fingerprint density at radius 2 is 1.90 bits per heavy atom. The highest BCUT2D eigenvalue weighted by Gasteiger charge is 2.21. The molecule has 0 atom stereocenters. The minimum atomic E-state index is 0.0150. The highest BCUT2D eigenvalue weighted by Crippen LogP contribution is 2.22. The van der Waals surface area contributed by atoms with Gasteiger partial charge in [0.15, 0.2) is 5.82 Å². The molecule has 0 aromatic carbocycles. The van der Waals surface area contributed by atoms with E-state index in [0.717, 1.165) is 44.8 Å². The number of nitrogens with zero attached hydrogens (tertiary/aromatic N) is 4. The topological polar surface area (TPSA) is 49.3 Å². The number of piperazine rings is 1. The zero-order chi connectivity index (χ0) is 13.9. The molecule has 1 aliphatic heterocycles. The smallest absolute Gasteiger partial charge is 0.246 e. The van der Waals surface area contributed by atoms with Crippen LogP contribution in [0.2, 0.25) is 0 Å². The standard InChI is InChI=1S/C15H20N4O/c1-2-15(20)19-9-7-18(8-10-19)14-11-12-5-3-4-6-13(12)16-17-14/h2,11H,1,3-10H2. The van der Waals surface area contributed by atoms with Crippen LogP contribution in [0.3, 0.4) is 0 Å². The van der Waals surface area contributed by atoms with Crippen molar-refractivity contribution in [3.63, 3.8) is 0 Å². The molecule has 1 aliphatic carbocycles. The van der Waals surface area contributed by atoms with Crippen molar-refractivity contribution in [1.29, 1.82) is 0 Å². The van der Waals surface area contributed by atoms with Gasteiger partial charge in [0.05, 0.1) is 5.69 Å². The zero-order valence-corrected chi connectivity index (χ0v) is 11.7. The molecular formula is C15H20N4O. The Morgan fingerprint density at radius 1 is 1.15 bits per heavy atom. The van der Waals surface area contributed by atoms with E-state index >= 15 is 0 Å². The van der Waals surface area contributed by atoms with Crippen LogP contribution < -0.4 is 4.90 Å². The molecule has 106 valence electrons. The molecule has 1 saturated heterocycles. The number of hydrogen-bond donors (Lipinski definition) is 0. The molecule has 2 heterocycles. The summed E-state index contributed by atoms with van der Waals surface area (Å²) in [6, 6.07) is 2.19. The van der Waals surface area contributed by atoms with Gasteiger partial charge in [-0.25, -0.2) is 0 Å². The van der Waals surface area contributed by atoms with E-state index < -0.39 is 0 Å². The summed E-state index contributed by atoms with van der Waals surface area (Å²) in [5.74, 6) is 0.970. The van der Waals surface area contributed by atoms with Crippen molar-refractivity contribution in [2.45, 2.75) is 25.7 Å². The van der Waals surface area contributed by atoms with E-state index in [2.05, 4.69) is 27.7 Å². The van der Waals surface area contributed by atoms with Gasteiger partial charge in [0.25, 0.3) is 0 Å². The Bertz CT molecular complexity index is 521. The Hall–Kier alpha value is -1.91. The second kappa shape index (κ2) is 5.61. The molecule has 1 aromatic heterocycles. The number of rotatable bonds is 2. The van der Waals surface area contributed by atoms with Crippen molar-refractivity contribution >= 4 is 11.7 Å². The lowest BCUT2D eigenvalue weighted by Gasteiger charge is -2.35. The molecule has 5 heteroatoms. The van der Waals surface area contributed by atoms with Crippen LogP contribution in [0.25, 0.3) is 0 Å². The largest absolute Gasteiger partial charge is 0.352 e. The van der Waals surface area contributed by atoms with E-state index in [1.807, 2.05) is 4.90 Å². The summed E-state index contributed by atoms with van der Waals surface area (Å²) < 4.78 is 0. The second-order valence-electron chi connectivity index (χ2n) is 5.40. The number of aromatic nitrogens is 2. The van der Waals surface area contributed by atoms with Crippen molar-refractivity contribution in [3.8, 4) is 0 Å². The molecule has 1 amide bonds. The highest BCUT2D eigenvalue weighted by atomic mass is 16.2. The van der Waals surface area contributed by atoms with E-state index in [4.69, 9.17) is 0 Å².